The molecule has 4 heteroatoms. The molecular formula is C33H47NO3. The maximum Gasteiger partial charge on any atom is 0.223 e. The number of carbonyl (C=O) groups excluding carboxylic acids is 2. The normalized spacial score (nSPS) is 42.9. The summed E-state index contributed by atoms with van der Waals surface area (Å²) in [6.45, 7) is 16.5. The van der Waals surface area contributed by atoms with Gasteiger partial charge >= 0.3 is 0 Å². The summed E-state index contributed by atoms with van der Waals surface area (Å²) in [5.74, 6) is 0.860. The maximum absolute atomic E-state index is 13.3. The molecule has 3 fully saturated rings. The highest BCUT2D eigenvalue weighted by Crippen LogP contribution is 2.76. The van der Waals surface area contributed by atoms with E-state index in [9.17, 15) is 9.59 Å². The minimum atomic E-state index is -0.422. The molecule has 5 aliphatic rings. The van der Waals surface area contributed by atoms with Crippen molar-refractivity contribution in [2.24, 2.45) is 38.7 Å². The van der Waals surface area contributed by atoms with E-state index in [1.54, 1.807) is 0 Å². The number of rotatable bonds is 5. The van der Waals surface area contributed by atoms with Gasteiger partial charge in [0.25, 0.3) is 0 Å². The Morgan fingerprint density at radius 1 is 1.03 bits per heavy atom. The second kappa shape index (κ2) is 8.45. The third-order valence-electron chi connectivity index (χ3n) is 12.2. The van der Waals surface area contributed by atoms with Gasteiger partial charge in [0.2, 0.25) is 11.7 Å². The number of amides is 1. The Hall–Kier alpha value is -2.10. The van der Waals surface area contributed by atoms with E-state index in [-0.39, 0.29) is 33.4 Å². The van der Waals surface area contributed by atoms with E-state index < -0.39 is 5.41 Å². The number of hydrogen-bond acceptors (Lipinski definition) is 3. The first kappa shape index (κ1) is 26.5. The summed E-state index contributed by atoms with van der Waals surface area (Å²) in [5.41, 5.74) is 10.6. The van der Waals surface area contributed by atoms with Gasteiger partial charge in [-0.1, -0.05) is 59.3 Å². The van der Waals surface area contributed by atoms with Crippen LogP contribution in [-0.2, 0) is 14.3 Å². The summed E-state index contributed by atoms with van der Waals surface area (Å²) in [7, 11) is 0. The van der Waals surface area contributed by atoms with Crippen LogP contribution in [0.25, 0.3) is 0 Å². The number of hydrogen-bond donors (Lipinski definition) is 1. The minimum absolute atomic E-state index is 0.0113. The maximum atomic E-state index is 13.3. The predicted molar refractivity (Wildman–Crippen MR) is 148 cm³/mol. The van der Waals surface area contributed by atoms with Gasteiger partial charge < -0.3 is 10.5 Å². The number of carbonyl (C=O) groups is 2. The molecule has 0 radical (unpaired) electrons. The van der Waals surface area contributed by atoms with Crippen LogP contribution in [-0.4, -0.2) is 18.3 Å². The highest BCUT2D eigenvalue weighted by atomic mass is 16.5. The van der Waals surface area contributed by atoms with Crippen molar-refractivity contribution in [2.45, 2.75) is 106 Å². The molecule has 6 atom stereocenters. The molecule has 0 aromatic carbocycles. The topological polar surface area (TPSA) is 69.4 Å². The lowest BCUT2D eigenvalue weighted by Crippen LogP contribution is -2.63. The van der Waals surface area contributed by atoms with E-state index in [0.717, 1.165) is 56.9 Å². The van der Waals surface area contributed by atoms with E-state index in [1.807, 2.05) is 13.0 Å². The summed E-state index contributed by atoms with van der Waals surface area (Å²) in [6.07, 6.45) is 15.9. The van der Waals surface area contributed by atoms with Crippen LogP contribution in [0.1, 0.15) is 106 Å². The second-order valence-electron chi connectivity index (χ2n) is 13.9. The molecular weight excluding hydrogens is 458 g/mol. The van der Waals surface area contributed by atoms with Crippen molar-refractivity contribution < 1.29 is 14.3 Å². The zero-order chi connectivity index (χ0) is 27.0. The van der Waals surface area contributed by atoms with Crippen molar-refractivity contribution in [3.05, 3.63) is 46.3 Å². The van der Waals surface area contributed by atoms with Crippen molar-refractivity contribution in [3.63, 3.8) is 0 Å². The van der Waals surface area contributed by atoms with Gasteiger partial charge in [0.05, 0.1) is 6.61 Å². The molecule has 202 valence electrons. The zero-order valence-corrected chi connectivity index (χ0v) is 24.2. The lowest BCUT2D eigenvalue weighted by atomic mass is 9.33. The molecule has 5 aliphatic carbocycles. The Labute approximate surface area is 223 Å². The third-order valence-corrected chi connectivity index (χ3v) is 12.2. The van der Waals surface area contributed by atoms with Crippen LogP contribution in [0, 0.1) is 33.0 Å². The van der Waals surface area contributed by atoms with Crippen molar-refractivity contribution in [3.8, 4) is 0 Å². The van der Waals surface area contributed by atoms with Crippen molar-refractivity contribution in [1.29, 1.82) is 0 Å². The first-order chi connectivity index (χ1) is 17.3. The summed E-state index contributed by atoms with van der Waals surface area (Å²) in [5, 5.41) is 0. The molecule has 0 bridgehead atoms. The van der Waals surface area contributed by atoms with Crippen molar-refractivity contribution >= 4 is 11.7 Å². The number of allylic oxidation sites excluding steroid dienone is 7. The quantitative estimate of drug-likeness (QED) is 0.424. The van der Waals surface area contributed by atoms with Crippen LogP contribution >= 0.6 is 0 Å². The number of fused-ring (bicyclic) bond motifs is 7. The smallest absolute Gasteiger partial charge is 0.223 e. The number of nitrogens with two attached hydrogens (primary N) is 1. The van der Waals surface area contributed by atoms with Crippen LogP contribution in [0.5, 0.6) is 0 Å². The summed E-state index contributed by atoms with van der Waals surface area (Å²) < 4.78 is 5.91. The first-order valence-electron chi connectivity index (χ1n) is 14.7. The molecule has 5 rings (SSSR count). The molecule has 2 N–H and O–H groups in total. The van der Waals surface area contributed by atoms with Crippen LogP contribution < -0.4 is 5.73 Å². The van der Waals surface area contributed by atoms with E-state index in [1.165, 1.54) is 23.1 Å². The second-order valence-corrected chi connectivity index (χ2v) is 13.9. The number of ketones is 1. The summed E-state index contributed by atoms with van der Waals surface area (Å²) in [6, 6.07) is 0. The molecule has 0 aliphatic heterocycles. The minimum Gasteiger partial charge on any atom is -0.489 e. The number of primary amides is 1. The summed E-state index contributed by atoms with van der Waals surface area (Å²) >= 11 is 0. The van der Waals surface area contributed by atoms with Gasteiger partial charge in [-0.3, -0.25) is 9.59 Å². The highest BCUT2D eigenvalue weighted by molar-refractivity contribution is 6.07. The molecule has 0 aromatic heterocycles. The Balaban J connectivity index is 1.63. The molecule has 4 nitrogen and oxygen atoms in total. The fourth-order valence-corrected chi connectivity index (χ4v) is 9.62. The molecule has 0 heterocycles. The Kier molecular flexibility index (Phi) is 6.05. The molecule has 37 heavy (non-hydrogen) atoms. The van der Waals surface area contributed by atoms with Gasteiger partial charge in [-0.05, 0) is 104 Å². The third kappa shape index (κ3) is 3.39. The van der Waals surface area contributed by atoms with Gasteiger partial charge in [0, 0.05) is 16.4 Å². The highest BCUT2D eigenvalue weighted by Gasteiger charge is 2.68. The van der Waals surface area contributed by atoms with E-state index in [4.69, 9.17) is 10.5 Å². The van der Waals surface area contributed by atoms with Gasteiger partial charge in [-0.2, -0.15) is 0 Å². The monoisotopic (exact) mass is 505 g/mol. The largest absolute Gasteiger partial charge is 0.489 e. The van der Waals surface area contributed by atoms with E-state index in [0.29, 0.717) is 18.3 Å². The standard InChI is InChI=1S/C33H47NO3/c1-8-18-37-27-21(3)22-10-11-25-31(6,23(22)19-24(27)35)15-17-33(9-2)26-20-30(5,28(34)36)13-12-29(26,4)14-16-32(25,33)7/h10-11,19,26H,8-9,12-18,20H2,1-7H3,(H2,34,36)/t26-,29-,30-,31+,32-,33+/m1/s1. The lowest BCUT2D eigenvalue weighted by Gasteiger charge is -2.71. The average Bonchev–Trinajstić information content (AvgIpc) is 2.85. The van der Waals surface area contributed by atoms with Crippen LogP contribution in [0.15, 0.2) is 46.3 Å². The van der Waals surface area contributed by atoms with Crippen molar-refractivity contribution in [1.82, 2.24) is 0 Å². The Bertz CT molecular complexity index is 1170. The zero-order valence-electron chi connectivity index (χ0n) is 24.2. The lowest BCUT2D eigenvalue weighted by molar-refractivity contribution is -0.176. The average molecular weight is 506 g/mol. The van der Waals surface area contributed by atoms with E-state index in [2.05, 4.69) is 53.7 Å². The molecule has 0 saturated heterocycles. The fourth-order valence-electron chi connectivity index (χ4n) is 9.62. The van der Waals surface area contributed by atoms with Gasteiger partial charge in [0.1, 0.15) is 0 Å². The first-order valence-corrected chi connectivity index (χ1v) is 14.7. The van der Waals surface area contributed by atoms with Gasteiger partial charge in [-0.15, -0.1) is 0 Å². The van der Waals surface area contributed by atoms with E-state index >= 15 is 0 Å². The molecule has 0 aromatic rings. The molecule has 3 saturated carbocycles. The fraction of sp³-hybridized carbons (Fsp3) is 0.697. The Morgan fingerprint density at radius 2 is 1.73 bits per heavy atom. The van der Waals surface area contributed by atoms with Crippen LogP contribution in [0.4, 0.5) is 0 Å². The Morgan fingerprint density at radius 3 is 2.38 bits per heavy atom. The van der Waals surface area contributed by atoms with Crippen LogP contribution in [0.3, 0.4) is 0 Å². The molecule has 0 spiro atoms. The molecule has 1 amide bonds. The predicted octanol–water partition coefficient (Wildman–Crippen LogP) is 7.36. The van der Waals surface area contributed by atoms with Gasteiger partial charge in [0.15, 0.2) is 5.76 Å². The van der Waals surface area contributed by atoms with Gasteiger partial charge in [-0.25, -0.2) is 0 Å². The molecule has 0 unspecified atom stereocenters. The summed E-state index contributed by atoms with van der Waals surface area (Å²) in [4.78, 5) is 25.9. The number of ether oxygens (including phenoxy) is 1. The SMILES string of the molecule is CCCOC1=C(C)C2=CC=C3[C@@](C)(CC[C@@]4(CC)[C@@H]5C[C@](C)(C(N)=O)CC[C@]5(C)CC[C@]34C)C2=CC1=O. The van der Waals surface area contributed by atoms with Crippen LogP contribution in [0.2, 0.25) is 0 Å². The van der Waals surface area contributed by atoms with Crippen molar-refractivity contribution in [2.75, 3.05) is 6.61 Å².